The highest BCUT2D eigenvalue weighted by molar-refractivity contribution is 5.74. The Hall–Kier alpha value is -2.04. The number of alkyl halides is 3. The number of benzene rings is 1. The summed E-state index contributed by atoms with van der Waals surface area (Å²) in [6.45, 7) is 2.12. The molecule has 222 valence electrons. The molecule has 2 aliphatic rings. The second-order valence-corrected chi connectivity index (χ2v) is 11.2. The molecule has 2 fully saturated rings. The molecular weight excluding hydrogens is 511 g/mol. The van der Waals surface area contributed by atoms with E-state index in [0.29, 0.717) is 69.8 Å². The van der Waals surface area contributed by atoms with Crippen LogP contribution in [0.2, 0.25) is 0 Å². The van der Waals surface area contributed by atoms with Crippen LogP contribution in [-0.2, 0) is 10.3 Å². The third kappa shape index (κ3) is 9.83. The highest BCUT2D eigenvalue weighted by Gasteiger charge is 2.42. The van der Waals surface area contributed by atoms with Crippen molar-refractivity contribution in [2.45, 2.75) is 88.6 Å². The van der Waals surface area contributed by atoms with Gasteiger partial charge in [0.1, 0.15) is 5.75 Å². The van der Waals surface area contributed by atoms with Gasteiger partial charge >= 0.3 is 12.4 Å². The number of rotatable bonds is 13. The lowest BCUT2D eigenvalue weighted by Gasteiger charge is -2.43. The van der Waals surface area contributed by atoms with E-state index >= 15 is 0 Å². The number of likely N-dealkylation sites (N-methyl/N-ethyl adjacent to an activating group) is 1. The lowest BCUT2D eigenvalue weighted by atomic mass is 9.74. The smallest absolute Gasteiger partial charge is 0.406 e. The molecule has 1 aliphatic carbocycles. The number of aliphatic hydroxyl groups is 1. The number of amides is 2. The van der Waals surface area contributed by atoms with Gasteiger partial charge in [0.05, 0.1) is 5.60 Å². The summed E-state index contributed by atoms with van der Waals surface area (Å²) in [6.07, 6.45) is 5.36. The van der Waals surface area contributed by atoms with Crippen molar-refractivity contribution < 1.29 is 32.5 Å². The van der Waals surface area contributed by atoms with E-state index in [1.165, 1.54) is 50.3 Å². The maximum absolute atomic E-state index is 13.4. The van der Waals surface area contributed by atoms with Crippen LogP contribution in [0.25, 0.3) is 0 Å². The van der Waals surface area contributed by atoms with E-state index in [9.17, 15) is 23.1 Å². The van der Waals surface area contributed by atoms with Crippen molar-refractivity contribution in [2.24, 2.45) is 11.8 Å². The first-order valence-corrected chi connectivity index (χ1v) is 14.4. The molecular formula is C29H46F3N3O4. The van der Waals surface area contributed by atoms with Gasteiger partial charge in [0.25, 0.3) is 0 Å². The SMILES string of the molecule is CNC[C@H](CC1CCCCC1)NC(=O)N1CCC[C@@H]([C@@](O)(CCCCOC)c2cccc(OC(F)(F)F)c2)C1. The van der Waals surface area contributed by atoms with E-state index < -0.39 is 12.0 Å². The monoisotopic (exact) mass is 557 g/mol. The largest absolute Gasteiger partial charge is 0.573 e. The van der Waals surface area contributed by atoms with Gasteiger partial charge in [-0.2, -0.15) is 0 Å². The number of carbonyl (C=O) groups excluding carboxylic acids is 1. The number of hydrogen-bond donors (Lipinski definition) is 3. The number of halogens is 3. The van der Waals surface area contributed by atoms with Crippen LogP contribution in [0.4, 0.5) is 18.0 Å². The fourth-order valence-electron chi connectivity index (χ4n) is 6.27. The van der Waals surface area contributed by atoms with E-state index in [-0.39, 0.29) is 23.7 Å². The van der Waals surface area contributed by atoms with Gasteiger partial charge in [0.2, 0.25) is 0 Å². The molecule has 7 nitrogen and oxygen atoms in total. The number of hydrogen-bond acceptors (Lipinski definition) is 5. The number of methoxy groups -OCH3 is 1. The first-order chi connectivity index (χ1) is 18.6. The molecule has 0 radical (unpaired) electrons. The predicted octanol–water partition coefficient (Wildman–Crippen LogP) is 5.57. The number of carbonyl (C=O) groups is 1. The third-order valence-corrected chi connectivity index (χ3v) is 8.23. The third-order valence-electron chi connectivity index (χ3n) is 8.23. The number of likely N-dealkylation sites (tertiary alicyclic amines) is 1. The Bertz CT molecular complexity index is 882. The average molecular weight is 558 g/mol. The maximum atomic E-state index is 13.4. The molecule has 1 heterocycles. The van der Waals surface area contributed by atoms with Gasteiger partial charge in [-0.25, -0.2) is 4.79 Å². The molecule has 1 saturated heterocycles. The molecule has 2 amide bonds. The molecule has 0 aromatic heterocycles. The number of unbranched alkanes of at least 4 members (excludes halogenated alkanes) is 1. The topological polar surface area (TPSA) is 83.1 Å². The number of ether oxygens (including phenoxy) is 2. The van der Waals surface area contributed by atoms with Crippen LogP contribution in [0.15, 0.2) is 24.3 Å². The predicted molar refractivity (Wildman–Crippen MR) is 144 cm³/mol. The van der Waals surface area contributed by atoms with Gasteiger partial charge in [-0.1, -0.05) is 44.2 Å². The number of piperidine rings is 1. The van der Waals surface area contributed by atoms with Crippen molar-refractivity contribution in [3.63, 3.8) is 0 Å². The molecule has 1 aromatic carbocycles. The number of urea groups is 1. The second-order valence-electron chi connectivity index (χ2n) is 11.2. The Balaban J connectivity index is 1.74. The second kappa shape index (κ2) is 15.1. The minimum Gasteiger partial charge on any atom is -0.406 e. The highest BCUT2D eigenvalue weighted by atomic mass is 19.4. The molecule has 3 rings (SSSR count). The van der Waals surface area contributed by atoms with Crippen molar-refractivity contribution >= 4 is 6.03 Å². The number of nitrogens with zero attached hydrogens (tertiary/aromatic N) is 1. The Morgan fingerprint density at radius 2 is 1.92 bits per heavy atom. The summed E-state index contributed by atoms with van der Waals surface area (Å²) in [5.41, 5.74) is -1.04. The molecule has 39 heavy (non-hydrogen) atoms. The van der Waals surface area contributed by atoms with Gasteiger partial charge in [-0.15, -0.1) is 13.2 Å². The van der Waals surface area contributed by atoms with Gasteiger partial charge in [-0.3, -0.25) is 0 Å². The quantitative estimate of drug-likeness (QED) is 0.276. The van der Waals surface area contributed by atoms with Crippen LogP contribution in [0, 0.1) is 11.8 Å². The highest BCUT2D eigenvalue weighted by Crippen LogP contribution is 2.41. The lowest BCUT2D eigenvalue weighted by Crippen LogP contribution is -2.54. The summed E-state index contributed by atoms with van der Waals surface area (Å²) in [4.78, 5) is 15.1. The van der Waals surface area contributed by atoms with Crippen LogP contribution in [0.5, 0.6) is 5.75 Å². The van der Waals surface area contributed by atoms with Crippen LogP contribution in [-0.4, -0.2) is 68.8 Å². The first-order valence-electron chi connectivity index (χ1n) is 14.4. The normalized spacial score (nSPS) is 21.3. The Morgan fingerprint density at radius 3 is 2.62 bits per heavy atom. The van der Waals surface area contributed by atoms with Crippen molar-refractivity contribution in [3.8, 4) is 5.75 Å². The lowest BCUT2D eigenvalue weighted by molar-refractivity contribution is -0.274. The van der Waals surface area contributed by atoms with Crippen molar-refractivity contribution in [2.75, 3.05) is 40.4 Å². The average Bonchev–Trinajstić information content (AvgIpc) is 2.91. The Kier molecular flexibility index (Phi) is 12.2. The van der Waals surface area contributed by atoms with Crippen molar-refractivity contribution in [1.29, 1.82) is 0 Å². The minimum absolute atomic E-state index is 0.0232. The van der Waals surface area contributed by atoms with E-state index in [0.717, 1.165) is 6.42 Å². The van der Waals surface area contributed by atoms with Gasteiger partial charge in [0.15, 0.2) is 0 Å². The molecule has 10 heteroatoms. The van der Waals surface area contributed by atoms with Crippen LogP contribution >= 0.6 is 0 Å². The molecule has 0 bridgehead atoms. The van der Waals surface area contributed by atoms with Crippen LogP contribution < -0.4 is 15.4 Å². The van der Waals surface area contributed by atoms with Crippen molar-refractivity contribution in [3.05, 3.63) is 29.8 Å². The van der Waals surface area contributed by atoms with E-state index in [1.807, 2.05) is 7.05 Å². The minimum atomic E-state index is -4.82. The zero-order valence-corrected chi connectivity index (χ0v) is 23.4. The summed E-state index contributed by atoms with van der Waals surface area (Å²) in [5, 5.41) is 18.5. The molecule has 3 atom stereocenters. The Labute approximate surface area is 230 Å². The summed E-state index contributed by atoms with van der Waals surface area (Å²) in [6, 6.07) is 5.50. The van der Waals surface area contributed by atoms with Gasteiger partial charge in [-0.05, 0) is 69.2 Å². The summed E-state index contributed by atoms with van der Waals surface area (Å²) < 4.78 is 48.0. The standard InChI is InChI=1S/C29H46F3N3O4/c1-33-20-25(18-22-10-4-3-5-11-22)34-27(36)35-16-9-13-24(21-35)28(37,15-6-7-17-38-2)23-12-8-14-26(19-23)39-29(30,31)32/h8,12,14,19,22,24-25,33,37H,3-7,9-11,13,15-18,20-21H2,1-2H3,(H,34,36)/t24-,25+,28-/m1/s1. The molecule has 0 unspecified atom stereocenters. The van der Waals surface area contributed by atoms with Crippen LogP contribution in [0.1, 0.15) is 76.2 Å². The fourth-order valence-corrected chi connectivity index (χ4v) is 6.27. The van der Waals surface area contributed by atoms with E-state index in [4.69, 9.17) is 4.74 Å². The summed E-state index contributed by atoms with van der Waals surface area (Å²) >= 11 is 0. The zero-order chi connectivity index (χ0) is 28.3. The molecule has 1 saturated carbocycles. The molecule has 1 aromatic rings. The maximum Gasteiger partial charge on any atom is 0.573 e. The van der Waals surface area contributed by atoms with Gasteiger partial charge < -0.3 is 30.1 Å². The molecule has 3 N–H and O–H groups in total. The van der Waals surface area contributed by atoms with Gasteiger partial charge in [0, 0.05) is 45.3 Å². The van der Waals surface area contributed by atoms with E-state index in [1.54, 1.807) is 18.1 Å². The number of nitrogens with one attached hydrogen (secondary N) is 2. The van der Waals surface area contributed by atoms with Crippen LogP contribution in [0.3, 0.4) is 0 Å². The summed E-state index contributed by atoms with van der Waals surface area (Å²) in [5.74, 6) is -0.0741. The first kappa shape index (κ1) is 31.5. The van der Waals surface area contributed by atoms with E-state index in [2.05, 4.69) is 15.4 Å². The van der Waals surface area contributed by atoms with Crippen molar-refractivity contribution in [1.82, 2.24) is 15.5 Å². The molecule has 1 aliphatic heterocycles. The molecule has 0 spiro atoms. The summed E-state index contributed by atoms with van der Waals surface area (Å²) in [7, 11) is 3.49. The fraction of sp³-hybridized carbons (Fsp3) is 0.759. The zero-order valence-electron chi connectivity index (χ0n) is 23.4. The Morgan fingerprint density at radius 1 is 1.15 bits per heavy atom.